The number of nitrogens with zero attached hydrogens (tertiary/aromatic N) is 2. The smallest absolute Gasteiger partial charge is 0.382 e. The number of halogens is 3. The van der Waals surface area contributed by atoms with Crippen molar-refractivity contribution >= 4 is 27.4 Å². The van der Waals surface area contributed by atoms with Gasteiger partial charge in [0.2, 0.25) is 0 Å². The van der Waals surface area contributed by atoms with Crippen molar-refractivity contribution in [3.05, 3.63) is 28.8 Å². The lowest BCUT2D eigenvalue weighted by atomic mass is 9.99. The summed E-state index contributed by atoms with van der Waals surface area (Å²) < 4.78 is 66.7. The summed E-state index contributed by atoms with van der Waals surface area (Å²) in [4.78, 5) is 0. The Balaban J connectivity index is 0.000000367. The minimum absolute atomic E-state index is 0.180. The van der Waals surface area contributed by atoms with E-state index in [2.05, 4.69) is 20.2 Å². The first-order chi connectivity index (χ1) is 14.0. The molecule has 0 aliphatic carbocycles. The lowest BCUT2D eigenvalue weighted by Crippen LogP contribution is -2.21. The third-order valence-corrected chi connectivity index (χ3v) is 5.95. The SMILES string of the molecule is C1CCNCC1.Cc1c(N)nnc(-c2ccc(C(F)(F)F)c3c2NS(=O)(=O)N3)c1C. The van der Waals surface area contributed by atoms with Gasteiger partial charge in [-0.25, -0.2) is 0 Å². The Morgan fingerprint density at radius 1 is 0.967 bits per heavy atom. The van der Waals surface area contributed by atoms with E-state index in [1.54, 1.807) is 13.8 Å². The number of nitrogens with two attached hydrogens (primary N) is 1. The Kier molecular flexibility index (Phi) is 6.09. The summed E-state index contributed by atoms with van der Waals surface area (Å²) in [5.41, 5.74) is 5.43. The molecule has 8 nitrogen and oxygen atoms in total. The van der Waals surface area contributed by atoms with Gasteiger partial charge >= 0.3 is 16.4 Å². The minimum Gasteiger partial charge on any atom is -0.382 e. The Morgan fingerprint density at radius 3 is 2.13 bits per heavy atom. The minimum atomic E-state index is -4.71. The average Bonchev–Trinajstić information content (AvgIpc) is 3.01. The second kappa shape index (κ2) is 8.26. The normalized spacial score (nSPS) is 17.2. The van der Waals surface area contributed by atoms with Gasteiger partial charge in [0, 0.05) is 5.56 Å². The van der Waals surface area contributed by atoms with Crippen molar-refractivity contribution in [2.75, 3.05) is 28.3 Å². The molecule has 30 heavy (non-hydrogen) atoms. The van der Waals surface area contributed by atoms with Crippen molar-refractivity contribution in [3.63, 3.8) is 0 Å². The molecule has 0 atom stereocenters. The molecule has 12 heteroatoms. The Hall–Kier alpha value is -2.60. The zero-order valence-electron chi connectivity index (χ0n) is 16.5. The van der Waals surface area contributed by atoms with Crippen molar-refractivity contribution < 1.29 is 21.6 Å². The molecule has 3 heterocycles. The first kappa shape index (κ1) is 22.1. The fraction of sp³-hybridized carbons (Fsp3) is 0.444. The Labute approximate surface area is 172 Å². The van der Waals surface area contributed by atoms with Gasteiger partial charge in [-0.3, -0.25) is 9.44 Å². The van der Waals surface area contributed by atoms with Crippen LogP contribution in [-0.4, -0.2) is 31.7 Å². The molecule has 2 aliphatic heterocycles. The van der Waals surface area contributed by atoms with E-state index in [9.17, 15) is 21.6 Å². The van der Waals surface area contributed by atoms with Gasteiger partial charge in [0.05, 0.1) is 22.6 Å². The van der Waals surface area contributed by atoms with E-state index < -0.39 is 27.6 Å². The first-order valence-corrected chi connectivity index (χ1v) is 10.8. The molecule has 1 saturated heterocycles. The number of piperidine rings is 1. The van der Waals surface area contributed by atoms with Crippen LogP contribution >= 0.6 is 0 Å². The standard InChI is InChI=1S/C13H12F3N5O2S.C5H11N/c1-5-6(2)12(17)19-18-9(5)7-3-4-8(13(14,15)16)11-10(7)20-24(22,23)21-11;1-2-4-6-5-3-1/h3-4,20-21H,1-2H3,(H2,17,19);6H,1-5H2. The van der Waals surface area contributed by atoms with E-state index in [1.807, 2.05) is 4.72 Å². The highest BCUT2D eigenvalue weighted by Gasteiger charge is 2.40. The molecule has 2 aliphatic rings. The molecular formula is C18H23F3N6O2S. The van der Waals surface area contributed by atoms with E-state index >= 15 is 0 Å². The zero-order valence-corrected chi connectivity index (χ0v) is 17.3. The summed E-state index contributed by atoms with van der Waals surface area (Å²) >= 11 is 0. The number of hydrogen-bond acceptors (Lipinski definition) is 6. The largest absolute Gasteiger partial charge is 0.418 e. The summed E-state index contributed by atoms with van der Waals surface area (Å²) in [5, 5.41) is 10.9. The van der Waals surface area contributed by atoms with Crippen LogP contribution in [0.4, 0.5) is 30.4 Å². The molecule has 0 unspecified atom stereocenters. The van der Waals surface area contributed by atoms with Gasteiger partial charge in [0.1, 0.15) is 5.82 Å². The number of alkyl halides is 3. The van der Waals surface area contributed by atoms with Crippen LogP contribution in [0.1, 0.15) is 36.0 Å². The highest BCUT2D eigenvalue weighted by molar-refractivity contribution is 7.94. The van der Waals surface area contributed by atoms with Crippen LogP contribution in [0.3, 0.4) is 0 Å². The maximum atomic E-state index is 13.1. The number of hydrogen-bond donors (Lipinski definition) is 4. The monoisotopic (exact) mass is 444 g/mol. The van der Waals surface area contributed by atoms with Gasteiger partial charge in [-0.05, 0) is 63.0 Å². The number of benzene rings is 1. The summed E-state index contributed by atoms with van der Waals surface area (Å²) in [5.74, 6) is 0.193. The number of rotatable bonds is 1. The van der Waals surface area contributed by atoms with Crippen LogP contribution in [0.15, 0.2) is 12.1 Å². The highest BCUT2D eigenvalue weighted by atomic mass is 32.2. The molecule has 1 fully saturated rings. The molecule has 164 valence electrons. The van der Waals surface area contributed by atoms with E-state index in [0.717, 1.165) is 12.1 Å². The maximum absolute atomic E-state index is 13.1. The molecule has 0 amide bonds. The molecule has 0 saturated carbocycles. The predicted octanol–water partition coefficient (Wildman–Crippen LogP) is 3.20. The molecule has 0 spiro atoms. The number of aromatic nitrogens is 2. The van der Waals surface area contributed by atoms with Crippen molar-refractivity contribution in [3.8, 4) is 11.3 Å². The van der Waals surface area contributed by atoms with E-state index in [1.165, 1.54) is 32.4 Å². The third kappa shape index (κ3) is 4.59. The van der Waals surface area contributed by atoms with Gasteiger partial charge in [-0.2, -0.15) is 21.6 Å². The Bertz CT molecular complexity index is 1040. The Morgan fingerprint density at radius 2 is 1.60 bits per heavy atom. The van der Waals surface area contributed by atoms with E-state index in [4.69, 9.17) is 5.73 Å². The van der Waals surface area contributed by atoms with Crippen LogP contribution in [0, 0.1) is 13.8 Å². The summed E-state index contributed by atoms with van der Waals surface area (Å²) in [6.07, 6.45) is -0.498. The van der Waals surface area contributed by atoms with Crippen LogP contribution in [-0.2, 0) is 16.4 Å². The molecule has 5 N–H and O–H groups in total. The average molecular weight is 444 g/mol. The third-order valence-electron chi connectivity index (χ3n) is 5.01. The molecular weight excluding hydrogens is 421 g/mol. The van der Waals surface area contributed by atoms with E-state index in [-0.39, 0.29) is 22.8 Å². The summed E-state index contributed by atoms with van der Waals surface area (Å²) in [6.45, 7) is 5.87. The summed E-state index contributed by atoms with van der Waals surface area (Å²) in [7, 11) is -4.12. The number of nitrogen functional groups attached to an aromatic ring is 1. The van der Waals surface area contributed by atoms with Crippen LogP contribution < -0.4 is 20.5 Å². The second-order valence-corrected chi connectivity index (χ2v) is 8.53. The predicted molar refractivity (Wildman–Crippen MR) is 109 cm³/mol. The van der Waals surface area contributed by atoms with Crippen LogP contribution in [0.25, 0.3) is 11.3 Å². The van der Waals surface area contributed by atoms with Crippen LogP contribution in [0.5, 0.6) is 0 Å². The molecule has 2 aromatic rings. The fourth-order valence-electron chi connectivity index (χ4n) is 3.22. The van der Waals surface area contributed by atoms with Gasteiger partial charge in [0.15, 0.2) is 0 Å². The lowest BCUT2D eigenvalue weighted by Gasteiger charge is -2.15. The van der Waals surface area contributed by atoms with Gasteiger partial charge in [-0.15, -0.1) is 10.2 Å². The molecule has 4 rings (SSSR count). The zero-order chi connectivity index (χ0) is 22.1. The molecule has 1 aromatic carbocycles. The number of fused-ring (bicyclic) bond motifs is 1. The highest BCUT2D eigenvalue weighted by Crippen LogP contribution is 2.47. The number of anilines is 3. The summed E-state index contributed by atoms with van der Waals surface area (Å²) in [6, 6.07) is 1.96. The maximum Gasteiger partial charge on any atom is 0.418 e. The molecule has 1 aromatic heterocycles. The first-order valence-electron chi connectivity index (χ1n) is 9.36. The lowest BCUT2D eigenvalue weighted by molar-refractivity contribution is -0.136. The molecule has 0 bridgehead atoms. The fourth-order valence-corrected chi connectivity index (χ4v) is 4.24. The quantitative estimate of drug-likeness (QED) is 0.536. The number of nitrogens with one attached hydrogen (secondary N) is 3. The van der Waals surface area contributed by atoms with Crippen molar-refractivity contribution in [1.82, 2.24) is 15.5 Å². The van der Waals surface area contributed by atoms with Gasteiger partial charge < -0.3 is 11.1 Å². The van der Waals surface area contributed by atoms with Gasteiger partial charge in [-0.1, -0.05) is 6.42 Å². The van der Waals surface area contributed by atoms with Gasteiger partial charge in [0.25, 0.3) is 0 Å². The van der Waals surface area contributed by atoms with Crippen molar-refractivity contribution in [2.45, 2.75) is 39.3 Å². The second-order valence-electron chi connectivity index (χ2n) is 7.11. The van der Waals surface area contributed by atoms with Crippen molar-refractivity contribution in [2.24, 2.45) is 0 Å². The van der Waals surface area contributed by atoms with E-state index in [0.29, 0.717) is 11.1 Å². The van der Waals surface area contributed by atoms with Crippen molar-refractivity contribution in [1.29, 1.82) is 0 Å². The molecule has 0 radical (unpaired) electrons. The topological polar surface area (TPSA) is 122 Å². The van der Waals surface area contributed by atoms with Crippen LogP contribution in [0.2, 0.25) is 0 Å².